The van der Waals surface area contributed by atoms with E-state index in [0.717, 1.165) is 12.8 Å². The summed E-state index contributed by atoms with van der Waals surface area (Å²) in [6, 6.07) is 4.70. The van der Waals surface area contributed by atoms with Gasteiger partial charge < -0.3 is 9.84 Å². The number of aliphatic carboxylic acids is 1. The largest absolute Gasteiger partial charge is 0.493 e. The molecule has 0 amide bonds. The standard InChI is InChI=1S/C13H15FO3/c1-9-2-3-10(6-11(9)14)17-8-13(4-5-13)7-12(15)16/h2-3,6H,4-5,7-8H2,1H3,(H,15,16). The van der Waals surface area contributed by atoms with Gasteiger partial charge in [0.2, 0.25) is 0 Å². The summed E-state index contributed by atoms with van der Waals surface area (Å²) in [5.41, 5.74) is 0.344. The van der Waals surface area contributed by atoms with Crippen LogP contribution in [0.3, 0.4) is 0 Å². The molecule has 1 N–H and O–H groups in total. The molecule has 0 radical (unpaired) electrons. The number of ether oxygens (including phenoxy) is 1. The van der Waals surface area contributed by atoms with E-state index >= 15 is 0 Å². The average Bonchev–Trinajstić information content (AvgIpc) is 2.99. The zero-order valence-corrected chi connectivity index (χ0v) is 9.70. The van der Waals surface area contributed by atoms with Gasteiger partial charge in [-0.05, 0) is 31.4 Å². The molecule has 1 aliphatic rings. The Kier molecular flexibility index (Phi) is 3.05. The van der Waals surface area contributed by atoms with Crippen LogP contribution in [0.5, 0.6) is 5.75 Å². The van der Waals surface area contributed by atoms with Crippen LogP contribution in [-0.2, 0) is 4.79 Å². The highest BCUT2D eigenvalue weighted by molar-refractivity contribution is 5.68. The van der Waals surface area contributed by atoms with Crippen LogP contribution in [0.2, 0.25) is 0 Å². The molecule has 0 aromatic heterocycles. The van der Waals surface area contributed by atoms with Crippen molar-refractivity contribution >= 4 is 5.97 Å². The lowest BCUT2D eigenvalue weighted by Crippen LogP contribution is -2.17. The second-order valence-electron chi connectivity index (χ2n) is 4.77. The molecular weight excluding hydrogens is 223 g/mol. The number of carbonyl (C=O) groups is 1. The number of rotatable bonds is 5. The maximum Gasteiger partial charge on any atom is 0.304 e. The summed E-state index contributed by atoms with van der Waals surface area (Å²) in [6.07, 6.45) is 1.86. The normalized spacial score (nSPS) is 16.6. The quantitative estimate of drug-likeness (QED) is 0.858. The van der Waals surface area contributed by atoms with Crippen molar-refractivity contribution in [3.63, 3.8) is 0 Å². The molecule has 3 nitrogen and oxygen atoms in total. The molecule has 0 atom stereocenters. The fourth-order valence-electron chi connectivity index (χ4n) is 1.77. The molecule has 0 aliphatic heterocycles. The molecule has 0 spiro atoms. The molecule has 17 heavy (non-hydrogen) atoms. The second-order valence-corrected chi connectivity index (χ2v) is 4.77. The summed E-state index contributed by atoms with van der Waals surface area (Å²) in [7, 11) is 0. The number of carboxylic acids is 1. The molecule has 92 valence electrons. The first-order valence-corrected chi connectivity index (χ1v) is 5.62. The van der Waals surface area contributed by atoms with Gasteiger partial charge in [-0.3, -0.25) is 4.79 Å². The predicted octanol–water partition coefficient (Wildman–Crippen LogP) is 2.77. The number of halogens is 1. The van der Waals surface area contributed by atoms with Gasteiger partial charge in [-0.15, -0.1) is 0 Å². The smallest absolute Gasteiger partial charge is 0.304 e. The van der Waals surface area contributed by atoms with E-state index in [1.165, 1.54) is 6.07 Å². The van der Waals surface area contributed by atoms with Gasteiger partial charge in [0, 0.05) is 11.5 Å². The van der Waals surface area contributed by atoms with Gasteiger partial charge in [-0.1, -0.05) is 6.07 Å². The maximum absolute atomic E-state index is 13.3. The highest BCUT2D eigenvalue weighted by Gasteiger charge is 2.45. The third-order valence-electron chi connectivity index (χ3n) is 3.17. The zero-order chi connectivity index (χ0) is 12.5. The van der Waals surface area contributed by atoms with Gasteiger partial charge in [-0.25, -0.2) is 4.39 Å². The van der Waals surface area contributed by atoms with Crippen LogP contribution < -0.4 is 4.74 Å². The van der Waals surface area contributed by atoms with Crippen molar-refractivity contribution in [2.24, 2.45) is 5.41 Å². The molecule has 1 saturated carbocycles. The second kappa shape index (κ2) is 4.35. The summed E-state index contributed by atoms with van der Waals surface area (Å²) >= 11 is 0. The predicted molar refractivity (Wildman–Crippen MR) is 60.6 cm³/mol. The molecule has 0 bridgehead atoms. The minimum absolute atomic E-state index is 0.126. The van der Waals surface area contributed by atoms with Crippen LogP contribution in [0, 0.1) is 18.2 Å². The van der Waals surface area contributed by atoms with E-state index in [0.29, 0.717) is 17.9 Å². The maximum atomic E-state index is 13.3. The van der Waals surface area contributed by atoms with E-state index in [1.54, 1.807) is 19.1 Å². The van der Waals surface area contributed by atoms with E-state index in [4.69, 9.17) is 9.84 Å². The van der Waals surface area contributed by atoms with Crippen LogP contribution in [0.25, 0.3) is 0 Å². The molecule has 1 aromatic carbocycles. The molecule has 1 fully saturated rings. The Hall–Kier alpha value is -1.58. The molecule has 0 unspecified atom stereocenters. The lowest BCUT2D eigenvalue weighted by molar-refractivity contribution is -0.138. The fraction of sp³-hybridized carbons (Fsp3) is 0.462. The molecule has 4 heteroatoms. The van der Waals surface area contributed by atoms with Crippen LogP contribution in [0.4, 0.5) is 4.39 Å². The summed E-state index contributed by atoms with van der Waals surface area (Å²) in [5, 5.41) is 8.75. The molecule has 2 rings (SSSR count). The van der Waals surface area contributed by atoms with Gasteiger partial charge in [0.1, 0.15) is 11.6 Å². The topological polar surface area (TPSA) is 46.5 Å². The third kappa shape index (κ3) is 2.96. The van der Waals surface area contributed by atoms with Gasteiger partial charge in [0.25, 0.3) is 0 Å². The first-order valence-electron chi connectivity index (χ1n) is 5.62. The Morgan fingerprint density at radius 3 is 2.76 bits per heavy atom. The van der Waals surface area contributed by atoms with Crippen molar-refractivity contribution in [3.8, 4) is 5.75 Å². The van der Waals surface area contributed by atoms with Crippen molar-refractivity contribution in [1.29, 1.82) is 0 Å². The third-order valence-corrected chi connectivity index (χ3v) is 3.17. The number of benzene rings is 1. The van der Waals surface area contributed by atoms with Gasteiger partial charge in [0.05, 0.1) is 13.0 Å². The van der Waals surface area contributed by atoms with Crippen molar-refractivity contribution in [2.75, 3.05) is 6.61 Å². The molecule has 0 saturated heterocycles. The Bertz CT molecular complexity index is 438. The Morgan fingerprint density at radius 1 is 1.53 bits per heavy atom. The van der Waals surface area contributed by atoms with E-state index < -0.39 is 5.97 Å². The number of hydrogen-bond acceptors (Lipinski definition) is 2. The van der Waals surface area contributed by atoms with E-state index in [1.807, 2.05) is 0 Å². The average molecular weight is 238 g/mol. The Balaban J connectivity index is 1.94. The van der Waals surface area contributed by atoms with Gasteiger partial charge >= 0.3 is 5.97 Å². The summed E-state index contributed by atoms with van der Waals surface area (Å²) < 4.78 is 18.7. The lowest BCUT2D eigenvalue weighted by atomic mass is 10.0. The minimum atomic E-state index is -0.804. The van der Waals surface area contributed by atoms with Crippen LogP contribution >= 0.6 is 0 Å². The minimum Gasteiger partial charge on any atom is -0.493 e. The van der Waals surface area contributed by atoms with E-state index in [2.05, 4.69) is 0 Å². The number of carboxylic acid groups (broad SMARTS) is 1. The lowest BCUT2D eigenvalue weighted by Gasteiger charge is -2.14. The fourth-order valence-corrected chi connectivity index (χ4v) is 1.77. The van der Waals surface area contributed by atoms with Crippen molar-refractivity contribution in [1.82, 2.24) is 0 Å². The van der Waals surface area contributed by atoms with Crippen molar-refractivity contribution < 1.29 is 19.0 Å². The van der Waals surface area contributed by atoms with E-state index in [-0.39, 0.29) is 17.7 Å². The Labute approximate surface area is 99.2 Å². The van der Waals surface area contributed by atoms with Crippen molar-refractivity contribution in [2.45, 2.75) is 26.2 Å². The molecular formula is C13H15FO3. The summed E-state index contributed by atoms with van der Waals surface area (Å²) in [6.45, 7) is 2.04. The first kappa shape index (κ1) is 11.9. The highest BCUT2D eigenvalue weighted by atomic mass is 19.1. The van der Waals surface area contributed by atoms with Crippen molar-refractivity contribution in [3.05, 3.63) is 29.6 Å². The van der Waals surface area contributed by atoms with E-state index in [9.17, 15) is 9.18 Å². The first-order chi connectivity index (χ1) is 8.01. The monoisotopic (exact) mass is 238 g/mol. The van der Waals surface area contributed by atoms with Crippen LogP contribution in [0.1, 0.15) is 24.8 Å². The molecule has 0 heterocycles. The van der Waals surface area contributed by atoms with Gasteiger partial charge in [-0.2, -0.15) is 0 Å². The molecule has 1 aromatic rings. The molecule has 1 aliphatic carbocycles. The summed E-state index contributed by atoms with van der Waals surface area (Å²) in [4.78, 5) is 10.6. The summed E-state index contributed by atoms with van der Waals surface area (Å²) in [5.74, 6) is -0.642. The van der Waals surface area contributed by atoms with Crippen LogP contribution in [0.15, 0.2) is 18.2 Å². The Morgan fingerprint density at radius 2 is 2.24 bits per heavy atom. The number of aryl methyl sites for hydroxylation is 1. The van der Waals surface area contributed by atoms with Crippen LogP contribution in [-0.4, -0.2) is 17.7 Å². The highest BCUT2D eigenvalue weighted by Crippen LogP contribution is 2.49. The SMILES string of the molecule is Cc1ccc(OCC2(CC(=O)O)CC2)cc1F. The van der Waals surface area contributed by atoms with Gasteiger partial charge in [0.15, 0.2) is 0 Å². The zero-order valence-electron chi connectivity index (χ0n) is 9.70. The number of hydrogen-bond donors (Lipinski definition) is 1.